The molecule has 5 heteroatoms. The Morgan fingerprint density at radius 1 is 1.41 bits per heavy atom. The molecule has 1 saturated heterocycles. The summed E-state index contributed by atoms with van der Waals surface area (Å²) in [5, 5.41) is 2.79. The molecule has 92 valence electrons. The Bertz CT molecular complexity index is 430. The van der Waals surface area contributed by atoms with Crippen molar-refractivity contribution in [1.82, 2.24) is 10.2 Å². The second kappa shape index (κ2) is 4.22. The molecule has 2 rings (SSSR count). The molecular weight excluding hydrogens is 236 g/mol. The number of nitrogens with one attached hydrogen (secondary N) is 1. The maximum Gasteiger partial charge on any atom is 0.248 e. The molecule has 1 unspecified atom stereocenters. The van der Waals surface area contributed by atoms with Crippen LogP contribution in [0.1, 0.15) is 32.6 Å². The minimum Gasteiger partial charge on any atom is -0.301 e. The average molecular weight is 252 g/mol. The lowest BCUT2D eigenvalue weighted by molar-refractivity contribution is -0.145. The van der Waals surface area contributed by atoms with Crippen LogP contribution in [0, 0.1) is 5.41 Å². The first-order chi connectivity index (χ1) is 7.98. The Hall–Kier alpha value is -1.23. The predicted molar refractivity (Wildman–Crippen MR) is 68.2 cm³/mol. The van der Waals surface area contributed by atoms with Crippen LogP contribution in [0.15, 0.2) is 11.6 Å². The zero-order valence-corrected chi connectivity index (χ0v) is 10.9. The third kappa shape index (κ3) is 1.78. The summed E-state index contributed by atoms with van der Waals surface area (Å²) in [6.45, 7) is 1.69. The first-order valence-corrected chi connectivity index (χ1v) is 6.22. The van der Waals surface area contributed by atoms with Gasteiger partial charge in [0.15, 0.2) is 5.11 Å². The number of amides is 2. The Morgan fingerprint density at radius 2 is 2.12 bits per heavy atom. The van der Waals surface area contributed by atoms with E-state index < -0.39 is 5.41 Å². The van der Waals surface area contributed by atoms with Crippen molar-refractivity contribution in [1.29, 1.82) is 0 Å². The molecule has 17 heavy (non-hydrogen) atoms. The van der Waals surface area contributed by atoms with Gasteiger partial charge in [-0.05, 0) is 50.4 Å². The maximum atomic E-state index is 12.3. The molecule has 0 aromatic carbocycles. The van der Waals surface area contributed by atoms with Crippen molar-refractivity contribution in [3.63, 3.8) is 0 Å². The molecule has 0 bridgehead atoms. The van der Waals surface area contributed by atoms with Crippen LogP contribution in [0.25, 0.3) is 0 Å². The van der Waals surface area contributed by atoms with E-state index in [4.69, 9.17) is 12.2 Å². The largest absolute Gasteiger partial charge is 0.301 e. The van der Waals surface area contributed by atoms with Crippen molar-refractivity contribution in [2.45, 2.75) is 32.6 Å². The summed E-state index contributed by atoms with van der Waals surface area (Å²) < 4.78 is 0. The monoisotopic (exact) mass is 252 g/mol. The quantitative estimate of drug-likeness (QED) is 0.435. The lowest BCUT2D eigenvalue weighted by Gasteiger charge is -2.39. The molecule has 1 fully saturated rings. The van der Waals surface area contributed by atoms with Crippen molar-refractivity contribution in [2.24, 2.45) is 5.41 Å². The SMILES string of the molecule is CN1C(=O)C(C)(C2=CCCCC2)C(=O)NC1=S. The molecule has 0 aromatic rings. The lowest BCUT2D eigenvalue weighted by Crippen LogP contribution is -2.62. The highest BCUT2D eigenvalue weighted by atomic mass is 32.1. The van der Waals surface area contributed by atoms with Crippen molar-refractivity contribution in [3.8, 4) is 0 Å². The Morgan fingerprint density at radius 3 is 2.71 bits per heavy atom. The highest BCUT2D eigenvalue weighted by molar-refractivity contribution is 7.80. The number of rotatable bonds is 1. The fourth-order valence-electron chi connectivity index (χ4n) is 2.41. The molecule has 1 aliphatic carbocycles. The van der Waals surface area contributed by atoms with Crippen molar-refractivity contribution in [3.05, 3.63) is 11.6 Å². The van der Waals surface area contributed by atoms with E-state index in [0.29, 0.717) is 0 Å². The molecular formula is C12H16N2O2S. The van der Waals surface area contributed by atoms with Gasteiger partial charge in [0.25, 0.3) is 0 Å². The standard InChI is InChI=1S/C12H16N2O2S/c1-12(8-6-4-3-5-7-8)9(15)13-11(17)14(2)10(12)16/h6H,3-5,7H2,1-2H3,(H,13,15,17). The molecule has 0 aromatic heterocycles. The first kappa shape index (κ1) is 12.2. The second-order valence-corrected chi connectivity index (χ2v) is 5.11. The molecule has 1 atom stereocenters. The summed E-state index contributed by atoms with van der Waals surface area (Å²) >= 11 is 4.94. The van der Waals surface area contributed by atoms with E-state index in [1.54, 1.807) is 14.0 Å². The van der Waals surface area contributed by atoms with Gasteiger partial charge in [-0.1, -0.05) is 6.08 Å². The topological polar surface area (TPSA) is 49.4 Å². The molecule has 2 amide bonds. The molecule has 0 spiro atoms. The summed E-state index contributed by atoms with van der Waals surface area (Å²) in [4.78, 5) is 25.8. The highest BCUT2D eigenvalue weighted by Gasteiger charge is 2.50. The van der Waals surface area contributed by atoms with Crippen LogP contribution >= 0.6 is 12.2 Å². The van der Waals surface area contributed by atoms with E-state index in [2.05, 4.69) is 5.32 Å². The zero-order chi connectivity index (χ0) is 12.6. The zero-order valence-electron chi connectivity index (χ0n) is 10.1. The molecule has 4 nitrogen and oxygen atoms in total. The summed E-state index contributed by atoms with van der Waals surface area (Å²) in [5.74, 6) is -0.516. The van der Waals surface area contributed by atoms with Crippen LogP contribution in [0.4, 0.5) is 0 Å². The molecule has 1 N–H and O–H groups in total. The third-order valence-corrected chi connectivity index (χ3v) is 4.02. The maximum absolute atomic E-state index is 12.3. The van der Waals surface area contributed by atoms with Crippen molar-refractivity contribution in [2.75, 3.05) is 7.05 Å². The Labute approximate surface area is 106 Å². The van der Waals surface area contributed by atoms with Crippen LogP contribution in [0.3, 0.4) is 0 Å². The van der Waals surface area contributed by atoms with E-state index in [9.17, 15) is 9.59 Å². The number of thiocarbonyl (C=S) groups is 1. The van der Waals surface area contributed by atoms with Crippen LogP contribution in [-0.2, 0) is 9.59 Å². The van der Waals surface area contributed by atoms with Crippen molar-refractivity contribution < 1.29 is 9.59 Å². The van der Waals surface area contributed by atoms with E-state index in [-0.39, 0.29) is 16.9 Å². The highest BCUT2D eigenvalue weighted by Crippen LogP contribution is 2.37. The number of hydrogen-bond donors (Lipinski definition) is 1. The number of allylic oxidation sites excluding steroid dienone is 1. The summed E-state index contributed by atoms with van der Waals surface area (Å²) in [6.07, 6.45) is 5.96. The normalized spacial score (nSPS) is 30.1. The smallest absolute Gasteiger partial charge is 0.248 e. The Kier molecular flexibility index (Phi) is 3.03. The van der Waals surface area contributed by atoms with Gasteiger partial charge in [0, 0.05) is 7.05 Å². The van der Waals surface area contributed by atoms with Gasteiger partial charge in [-0.15, -0.1) is 0 Å². The molecule has 0 saturated carbocycles. The molecule has 1 heterocycles. The van der Waals surface area contributed by atoms with E-state index in [1.807, 2.05) is 6.08 Å². The molecule has 0 radical (unpaired) electrons. The third-order valence-electron chi connectivity index (χ3n) is 3.64. The predicted octanol–water partition coefficient (Wildman–Crippen LogP) is 1.37. The van der Waals surface area contributed by atoms with Crippen LogP contribution in [0.5, 0.6) is 0 Å². The van der Waals surface area contributed by atoms with Gasteiger partial charge in [-0.2, -0.15) is 0 Å². The second-order valence-electron chi connectivity index (χ2n) is 4.72. The number of nitrogens with zero attached hydrogens (tertiary/aromatic N) is 1. The molecule has 2 aliphatic rings. The lowest BCUT2D eigenvalue weighted by atomic mass is 9.74. The Balaban J connectivity index is 2.40. The van der Waals surface area contributed by atoms with Gasteiger partial charge in [-0.25, -0.2) is 0 Å². The summed E-state index contributed by atoms with van der Waals surface area (Å²) in [5.41, 5.74) is -0.141. The number of carbonyl (C=O) groups excluding carboxylic acids is 2. The first-order valence-electron chi connectivity index (χ1n) is 5.81. The van der Waals surface area contributed by atoms with Crippen LogP contribution in [0.2, 0.25) is 0 Å². The fourth-order valence-corrected chi connectivity index (χ4v) is 2.58. The van der Waals surface area contributed by atoms with Gasteiger partial charge in [-0.3, -0.25) is 14.5 Å². The average Bonchev–Trinajstić information content (AvgIpc) is 2.35. The molecule has 1 aliphatic heterocycles. The number of hydrogen-bond acceptors (Lipinski definition) is 3. The van der Waals surface area contributed by atoms with E-state index >= 15 is 0 Å². The fraction of sp³-hybridized carbons (Fsp3) is 0.583. The van der Waals surface area contributed by atoms with Gasteiger partial charge >= 0.3 is 0 Å². The van der Waals surface area contributed by atoms with Gasteiger partial charge in [0.1, 0.15) is 5.41 Å². The van der Waals surface area contributed by atoms with E-state index in [0.717, 1.165) is 31.3 Å². The minimum absolute atomic E-state index is 0.189. The van der Waals surface area contributed by atoms with Crippen LogP contribution in [-0.4, -0.2) is 28.9 Å². The van der Waals surface area contributed by atoms with Crippen LogP contribution < -0.4 is 5.32 Å². The van der Waals surface area contributed by atoms with Gasteiger partial charge in [0.2, 0.25) is 11.8 Å². The summed E-state index contributed by atoms with van der Waals surface area (Å²) in [6, 6.07) is 0. The van der Waals surface area contributed by atoms with Crippen molar-refractivity contribution >= 4 is 29.1 Å². The summed E-state index contributed by atoms with van der Waals surface area (Å²) in [7, 11) is 1.60. The minimum atomic E-state index is -1.07. The number of carbonyl (C=O) groups is 2. The van der Waals surface area contributed by atoms with E-state index in [1.165, 1.54) is 4.90 Å². The van der Waals surface area contributed by atoms with Gasteiger partial charge in [0.05, 0.1) is 0 Å². The van der Waals surface area contributed by atoms with Gasteiger partial charge < -0.3 is 5.32 Å².